The van der Waals surface area contributed by atoms with Gasteiger partial charge in [-0.05, 0) is 23.8 Å². The number of urea groups is 1. The Morgan fingerprint density at radius 3 is 2.73 bits per heavy atom. The van der Waals surface area contributed by atoms with Crippen LogP contribution in [-0.2, 0) is 20.7 Å². The normalized spacial score (nSPS) is 24.3. The molecule has 170 valence electrons. The summed E-state index contributed by atoms with van der Waals surface area (Å²) in [5, 5.41) is 13.7. The fraction of sp³-hybridized carbons (Fsp3) is 0.318. The summed E-state index contributed by atoms with van der Waals surface area (Å²) in [6.07, 6.45) is -0.113. The number of non-ortho nitro benzene ring substituents is 1. The van der Waals surface area contributed by atoms with E-state index in [0.717, 1.165) is 4.90 Å². The van der Waals surface area contributed by atoms with Gasteiger partial charge in [0, 0.05) is 30.8 Å². The van der Waals surface area contributed by atoms with E-state index in [0.29, 0.717) is 24.4 Å². The number of para-hydroxylation sites is 2. The first-order valence-corrected chi connectivity index (χ1v) is 10.3. The highest BCUT2D eigenvalue weighted by Gasteiger charge is 2.63. The number of methoxy groups -OCH3 is 1. The number of nitrogens with one attached hydrogen (secondary N) is 1. The van der Waals surface area contributed by atoms with Gasteiger partial charge in [0.15, 0.2) is 5.41 Å². The molecule has 3 heterocycles. The van der Waals surface area contributed by atoms with E-state index in [1.807, 2.05) is 4.90 Å². The molecule has 5 rings (SSSR count). The Labute approximate surface area is 188 Å². The van der Waals surface area contributed by atoms with Crippen molar-refractivity contribution in [1.82, 2.24) is 5.32 Å². The van der Waals surface area contributed by atoms with Gasteiger partial charge in [-0.25, -0.2) is 9.69 Å². The highest BCUT2D eigenvalue weighted by atomic mass is 16.6. The van der Waals surface area contributed by atoms with E-state index in [1.54, 1.807) is 30.3 Å². The lowest BCUT2D eigenvalue weighted by Gasteiger charge is -2.53. The van der Waals surface area contributed by atoms with Crippen LogP contribution in [0, 0.1) is 15.5 Å². The van der Waals surface area contributed by atoms with Gasteiger partial charge in [0.25, 0.3) is 11.6 Å². The molecule has 0 radical (unpaired) electrons. The van der Waals surface area contributed by atoms with Crippen LogP contribution in [0.2, 0.25) is 0 Å². The van der Waals surface area contributed by atoms with E-state index < -0.39 is 34.2 Å². The number of nitro groups is 1. The number of anilines is 2. The summed E-state index contributed by atoms with van der Waals surface area (Å²) in [4.78, 5) is 53.9. The number of hydrogen-bond acceptors (Lipinski definition) is 8. The molecule has 0 aliphatic carbocycles. The van der Waals surface area contributed by atoms with Gasteiger partial charge >= 0.3 is 6.03 Å². The predicted molar refractivity (Wildman–Crippen MR) is 115 cm³/mol. The summed E-state index contributed by atoms with van der Waals surface area (Å²) in [6.45, 7) is 0.845. The summed E-state index contributed by atoms with van der Waals surface area (Å²) >= 11 is 0. The molecule has 11 nitrogen and oxygen atoms in total. The Kier molecular flexibility index (Phi) is 4.78. The second-order valence-electron chi connectivity index (χ2n) is 8.07. The highest BCUT2D eigenvalue weighted by Crippen LogP contribution is 2.47. The quantitative estimate of drug-likeness (QED) is 0.422. The maximum Gasteiger partial charge on any atom is 0.335 e. The summed E-state index contributed by atoms with van der Waals surface area (Å²) in [6, 6.07) is 9.34. The van der Waals surface area contributed by atoms with Gasteiger partial charge in [-0.1, -0.05) is 12.1 Å². The van der Waals surface area contributed by atoms with Crippen LogP contribution in [-0.4, -0.2) is 55.7 Å². The van der Waals surface area contributed by atoms with Gasteiger partial charge in [0.1, 0.15) is 5.75 Å². The van der Waals surface area contributed by atoms with E-state index in [4.69, 9.17) is 9.47 Å². The van der Waals surface area contributed by atoms with Crippen LogP contribution in [0.25, 0.3) is 0 Å². The van der Waals surface area contributed by atoms with Crippen LogP contribution >= 0.6 is 0 Å². The van der Waals surface area contributed by atoms with E-state index in [-0.39, 0.29) is 30.2 Å². The van der Waals surface area contributed by atoms with Crippen molar-refractivity contribution in [2.45, 2.75) is 12.5 Å². The van der Waals surface area contributed by atoms with Crippen LogP contribution in [0.5, 0.6) is 5.75 Å². The Bertz CT molecular complexity index is 1200. The zero-order valence-electron chi connectivity index (χ0n) is 17.6. The number of rotatable bonds is 3. The van der Waals surface area contributed by atoms with Gasteiger partial charge in [-0.3, -0.25) is 25.0 Å². The molecule has 2 saturated heterocycles. The monoisotopic (exact) mass is 452 g/mol. The second kappa shape index (κ2) is 7.55. The average molecular weight is 452 g/mol. The number of carbonyl (C=O) groups is 3. The average Bonchev–Trinajstić information content (AvgIpc) is 2.82. The molecule has 11 heteroatoms. The number of fused-ring (bicyclic) bond motifs is 4. The van der Waals surface area contributed by atoms with E-state index in [2.05, 4.69) is 5.32 Å². The standard InChI is InChI=1S/C22H20N4O7/c1-32-17-5-3-2-4-16(17)25-20(28)22(19(27)23-21(25)29)11-13-10-14(26(30)31)6-7-15(13)24-8-9-33-12-18(22)24/h2-7,10,18H,8-9,11-12H2,1H3,(H,23,27,29)/t18-,22+/m1/s1. The first-order chi connectivity index (χ1) is 15.9. The molecule has 0 bridgehead atoms. The van der Waals surface area contributed by atoms with Crippen molar-refractivity contribution in [2.75, 3.05) is 36.7 Å². The molecule has 4 amide bonds. The summed E-state index contributed by atoms with van der Waals surface area (Å²) in [5.74, 6) is -1.19. The van der Waals surface area contributed by atoms with Crippen LogP contribution in [0.3, 0.4) is 0 Å². The fourth-order valence-electron chi connectivity index (χ4n) is 4.96. The van der Waals surface area contributed by atoms with Crippen LogP contribution in [0.4, 0.5) is 21.9 Å². The molecule has 2 fully saturated rings. The van der Waals surface area contributed by atoms with Crippen molar-refractivity contribution < 1.29 is 28.8 Å². The van der Waals surface area contributed by atoms with Crippen molar-refractivity contribution in [3.05, 3.63) is 58.1 Å². The van der Waals surface area contributed by atoms with Crippen LogP contribution in [0.15, 0.2) is 42.5 Å². The van der Waals surface area contributed by atoms with Gasteiger partial charge in [-0.2, -0.15) is 0 Å². The zero-order valence-corrected chi connectivity index (χ0v) is 17.6. The van der Waals surface area contributed by atoms with Crippen molar-refractivity contribution in [2.24, 2.45) is 5.41 Å². The number of carbonyl (C=O) groups excluding carboxylic acids is 3. The highest BCUT2D eigenvalue weighted by molar-refractivity contribution is 6.31. The minimum Gasteiger partial charge on any atom is -0.495 e. The summed E-state index contributed by atoms with van der Waals surface area (Å²) < 4.78 is 11.0. The number of morpholine rings is 1. The lowest BCUT2D eigenvalue weighted by Crippen LogP contribution is -2.74. The maximum atomic E-state index is 14.0. The fourth-order valence-corrected chi connectivity index (χ4v) is 4.96. The van der Waals surface area contributed by atoms with E-state index >= 15 is 0 Å². The van der Waals surface area contributed by atoms with Gasteiger partial charge < -0.3 is 14.4 Å². The molecule has 3 aliphatic heterocycles. The number of nitrogens with zero attached hydrogens (tertiary/aromatic N) is 3. The van der Waals surface area contributed by atoms with Gasteiger partial charge in [0.05, 0.1) is 37.0 Å². The lowest BCUT2D eigenvalue weighted by molar-refractivity contribution is -0.384. The van der Waals surface area contributed by atoms with Crippen molar-refractivity contribution in [3.8, 4) is 5.75 Å². The molecule has 2 atom stereocenters. The molecule has 0 aromatic heterocycles. The third-order valence-corrected chi connectivity index (χ3v) is 6.49. The number of barbiturate groups is 1. The Hall–Kier alpha value is -3.99. The molecule has 3 aliphatic rings. The number of benzene rings is 2. The second-order valence-corrected chi connectivity index (χ2v) is 8.07. The largest absolute Gasteiger partial charge is 0.495 e. The smallest absolute Gasteiger partial charge is 0.335 e. The third-order valence-electron chi connectivity index (χ3n) is 6.49. The molecular formula is C22H20N4O7. The van der Waals surface area contributed by atoms with Crippen molar-refractivity contribution in [1.29, 1.82) is 0 Å². The van der Waals surface area contributed by atoms with E-state index in [9.17, 15) is 24.5 Å². The van der Waals surface area contributed by atoms with Gasteiger partial charge in [-0.15, -0.1) is 0 Å². The molecular weight excluding hydrogens is 432 g/mol. The molecule has 33 heavy (non-hydrogen) atoms. The molecule has 2 aromatic carbocycles. The van der Waals surface area contributed by atoms with Gasteiger partial charge in [0.2, 0.25) is 5.91 Å². The van der Waals surface area contributed by atoms with Crippen LogP contribution < -0.4 is 19.9 Å². The van der Waals surface area contributed by atoms with E-state index in [1.165, 1.54) is 19.2 Å². The third kappa shape index (κ3) is 2.96. The topological polar surface area (TPSA) is 131 Å². The first-order valence-electron chi connectivity index (χ1n) is 10.3. The van der Waals surface area contributed by atoms with Crippen LogP contribution in [0.1, 0.15) is 5.56 Å². The Morgan fingerprint density at radius 2 is 1.97 bits per heavy atom. The first kappa shape index (κ1) is 20.9. The lowest BCUT2D eigenvalue weighted by atomic mass is 9.68. The molecule has 1 spiro atoms. The molecule has 1 N–H and O–H groups in total. The minimum atomic E-state index is -1.72. The number of amides is 4. The number of ether oxygens (including phenoxy) is 2. The Morgan fingerprint density at radius 1 is 1.18 bits per heavy atom. The summed E-state index contributed by atoms with van der Waals surface area (Å²) in [5.41, 5.74) is -0.474. The number of imide groups is 2. The predicted octanol–water partition coefficient (Wildman–Crippen LogP) is 1.63. The molecule has 0 unspecified atom stereocenters. The molecule has 0 saturated carbocycles. The number of nitro benzene ring substituents is 1. The number of hydrogen-bond donors (Lipinski definition) is 1. The SMILES string of the molecule is COc1ccccc1N1C(=O)NC(=O)[C@@]2(Cc3cc([N+](=O)[O-])ccc3N3CCOC[C@@H]32)C1=O. The van der Waals surface area contributed by atoms with Crippen molar-refractivity contribution in [3.63, 3.8) is 0 Å². The summed E-state index contributed by atoms with van der Waals surface area (Å²) in [7, 11) is 1.42. The molecule has 2 aromatic rings. The maximum absolute atomic E-state index is 14.0. The van der Waals surface area contributed by atoms with Crippen molar-refractivity contribution >= 4 is 34.9 Å². The Balaban J connectivity index is 1.68. The minimum absolute atomic E-state index is 0.0868. The zero-order chi connectivity index (χ0) is 23.3.